The zero-order chi connectivity index (χ0) is 6.85. The van der Waals surface area contributed by atoms with Crippen LogP contribution >= 0.6 is 0 Å². The summed E-state index contributed by atoms with van der Waals surface area (Å²) in [6.07, 6.45) is -0.258. The second-order valence-corrected chi connectivity index (χ2v) is 1.60. The molecular weight excluding hydrogens is 136 g/mol. The van der Waals surface area contributed by atoms with E-state index in [1.807, 2.05) is 10.6 Å². The van der Waals surface area contributed by atoms with E-state index in [0.717, 1.165) is 0 Å². The van der Waals surface area contributed by atoms with E-state index < -0.39 is 17.8 Å². The molecule has 1 heterocycles. The van der Waals surface area contributed by atoms with Gasteiger partial charge in [0.25, 0.3) is 0 Å². The van der Waals surface area contributed by atoms with E-state index in [0.29, 0.717) is 0 Å². The summed E-state index contributed by atoms with van der Waals surface area (Å²) in [5.41, 5.74) is 0. The number of hydrogen-bond acceptors (Lipinski definition) is 3. The van der Waals surface area contributed by atoms with Crippen molar-refractivity contribution in [1.82, 2.24) is 10.6 Å². The first-order valence-corrected chi connectivity index (χ1v) is 2.32. The van der Waals surface area contributed by atoms with E-state index in [-0.39, 0.29) is 13.8 Å². The summed E-state index contributed by atoms with van der Waals surface area (Å²) in [6.45, 7) is 0. The third kappa shape index (κ3) is 1.85. The molecule has 1 aliphatic rings. The van der Waals surface area contributed by atoms with Crippen LogP contribution in [0.4, 0.5) is 4.79 Å². The Balaban J connectivity index is 0.000000810. The van der Waals surface area contributed by atoms with Crippen molar-refractivity contribution in [2.75, 3.05) is 0 Å². The number of rotatable bonds is 0. The molecule has 10 heavy (non-hydrogen) atoms. The van der Waals surface area contributed by atoms with Gasteiger partial charge in [-0.15, -0.1) is 0 Å². The molecule has 0 atom stereocenters. The van der Waals surface area contributed by atoms with Crippen LogP contribution in [0.2, 0.25) is 0 Å². The highest BCUT2D eigenvalue weighted by atomic mass is 16.2. The third-order valence-electron chi connectivity index (χ3n) is 0.827. The zero-order valence-corrected chi connectivity index (χ0v) is 4.43. The first-order chi connectivity index (χ1) is 4.18. The van der Waals surface area contributed by atoms with Gasteiger partial charge in [0.05, 0.1) is 0 Å². The molecule has 1 fully saturated rings. The smallest absolute Gasteiger partial charge is 0.277 e. The lowest BCUT2D eigenvalue weighted by Gasteiger charge is -2.09. The maximum atomic E-state index is 10.3. The topological polar surface area (TPSA) is 75.3 Å². The summed E-state index contributed by atoms with van der Waals surface area (Å²) in [7, 11) is 0. The van der Waals surface area contributed by atoms with E-state index in [2.05, 4.69) is 0 Å². The van der Waals surface area contributed by atoms with Crippen LogP contribution in [0.3, 0.4) is 0 Å². The monoisotopic (exact) mass is 144 g/mol. The predicted octanol–water partition coefficient (Wildman–Crippen LogP) is -0.621. The summed E-state index contributed by atoms with van der Waals surface area (Å²) < 4.78 is 0. The van der Waals surface area contributed by atoms with E-state index >= 15 is 0 Å². The van der Waals surface area contributed by atoms with Crippen LogP contribution in [-0.4, -0.2) is 17.8 Å². The number of amides is 4. The normalized spacial score (nSPS) is 17.0. The van der Waals surface area contributed by atoms with Gasteiger partial charge in [0.15, 0.2) is 0 Å². The molecule has 0 unspecified atom stereocenters. The number of nitrogens with one attached hydrogen (secondary N) is 2. The van der Waals surface area contributed by atoms with Crippen LogP contribution in [-0.2, 0) is 9.59 Å². The van der Waals surface area contributed by atoms with Crippen molar-refractivity contribution in [3.8, 4) is 0 Å². The number of barbiturate groups is 1. The van der Waals surface area contributed by atoms with Crippen LogP contribution < -0.4 is 10.6 Å². The first kappa shape index (κ1) is 8.61. The van der Waals surface area contributed by atoms with E-state index in [1.165, 1.54) is 0 Å². The van der Waals surface area contributed by atoms with Gasteiger partial charge in [-0.3, -0.25) is 20.2 Å². The molecule has 0 aromatic carbocycles. The number of carbonyl (C=O) groups excluding carboxylic acids is 3. The van der Waals surface area contributed by atoms with Crippen LogP contribution in [0.25, 0.3) is 0 Å². The molecule has 1 rings (SSSR count). The first-order valence-electron chi connectivity index (χ1n) is 2.32. The van der Waals surface area contributed by atoms with Crippen molar-refractivity contribution in [2.24, 2.45) is 0 Å². The van der Waals surface area contributed by atoms with Crippen molar-refractivity contribution in [1.29, 1.82) is 0 Å². The summed E-state index contributed by atoms with van der Waals surface area (Å²) in [6, 6.07) is -0.740. The minimum absolute atomic E-state index is 0. The molecule has 56 valence electrons. The fraction of sp³-hybridized carbons (Fsp3) is 0.400. The maximum absolute atomic E-state index is 10.3. The second-order valence-electron chi connectivity index (χ2n) is 1.60. The summed E-state index contributed by atoms with van der Waals surface area (Å²) in [5.74, 6) is -1.10. The lowest BCUT2D eigenvalue weighted by Crippen LogP contribution is -2.49. The Morgan fingerprint density at radius 1 is 1.00 bits per heavy atom. The largest absolute Gasteiger partial charge is 0.328 e. The summed E-state index contributed by atoms with van der Waals surface area (Å²) >= 11 is 0. The molecular formula is C5H8N2O3. The van der Waals surface area contributed by atoms with Crippen molar-refractivity contribution in [3.63, 3.8) is 0 Å². The van der Waals surface area contributed by atoms with Crippen LogP contribution in [0, 0.1) is 0 Å². The van der Waals surface area contributed by atoms with Gasteiger partial charge < -0.3 is 0 Å². The molecule has 1 aliphatic heterocycles. The van der Waals surface area contributed by atoms with Gasteiger partial charge in [0, 0.05) is 0 Å². The van der Waals surface area contributed by atoms with Gasteiger partial charge in [-0.25, -0.2) is 4.79 Å². The van der Waals surface area contributed by atoms with Crippen molar-refractivity contribution in [2.45, 2.75) is 13.8 Å². The SMILES string of the molecule is C.O=C1CC(=O)NC(=O)N1. The molecule has 5 heteroatoms. The molecule has 0 bridgehead atoms. The molecule has 0 saturated carbocycles. The molecule has 1 saturated heterocycles. The highest BCUT2D eigenvalue weighted by Gasteiger charge is 2.20. The van der Waals surface area contributed by atoms with Crippen LogP contribution in [0.15, 0.2) is 0 Å². The quantitative estimate of drug-likeness (QED) is 0.445. The van der Waals surface area contributed by atoms with Gasteiger partial charge in [-0.1, -0.05) is 7.43 Å². The fourth-order valence-electron chi connectivity index (χ4n) is 0.519. The van der Waals surface area contributed by atoms with Crippen molar-refractivity contribution < 1.29 is 14.4 Å². The maximum Gasteiger partial charge on any atom is 0.328 e. The highest BCUT2D eigenvalue weighted by Crippen LogP contribution is 1.85. The Kier molecular flexibility index (Phi) is 2.54. The van der Waals surface area contributed by atoms with E-state index in [9.17, 15) is 14.4 Å². The highest BCUT2D eigenvalue weighted by molar-refractivity contribution is 6.14. The zero-order valence-electron chi connectivity index (χ0n) is 4.43. The van der Waals surface area contributed by atoms with Crippen LogP contribution in [0.5, 0.6) is 0 Å². The Bertz CT molecular complexity index is 142. The molecule has 0 radical (unpaired) electrons. The third-order valence-corrected chi connectivity index (χ3v) is 0.827. The standard InChI is InChI=1S/C4H4N2O3.CH4/c7-2-1-3(8)6-4(9)5-2;/h1H2,(H2,5,6,7,8,9);1H4. The van der Waals surface area contributed by atoms with Gasteiger partial charge in [-0.2, -0.15) is 0 Å². The molecule has 5 nitrogen and oxygen atoms in total. The predicted molar refractivity (Wildman–Crippen MR) is 33.0 cm³/mol. The second kappa shape index (κ2) is 2.95. The van der Waals surface area contributed by atoms with E-state index in [1.54, 1.807) is 0 Å². The number of hydrogen-bond donors (Lipinski definition) is 2. The average Bonchev–Trinajstić information content (AvgIpc) is 1.59. The molecule has 0 spiro atoms. The Labute approximate surface area is 57.8 Å². The minimum atomic E-state index is -0.740. The molecule has 4 amide bonds. The number of carbonyl (C=O) groups is 3. The molecule has 2 N–H and O–H groups in total. The average molecular weight is 144 g/mol. The van der Waals surface area contributed by atoms with Gasteiger partial charge in [0.2, 0.25) is 11.8 Å². The fourth-order valence-corrected chi connectivity index (χ4v) is 0.519. The Morgan fingerprint density at radius 3 is 1.70 bits per heavy atom. The summed E-state index contributed by atoms with van der Waals surface area (Å²) in [5, 5.41) is 3.80. The van der Waals surface area contributed by atoms with Crippen molar-refractivity contribution in [3.05, 3.63) is 0 Å². The van der Waals surface area contributed by atoms with Crippen LogP contribution in [0.1, 0.15) is 13.8 Å². The van der Waals surface area contributed by atoms with Gasteiger partial charge in [0.1, 0.15) is 6.42 Å². The minimum Gasteiger partial charge on any atom is -0.277 e. The van der Waals surface area contributed by atoms with Crippen molar-refractivity contribution >= 4 is 17.8 Å². The molecule has 0 aliphatic carbocycles. The summed E-state index contributed by atoms with van der Waals surface area (Å²) in [4.78, 5) is 30.8. The lowest BCUT2D eigenvalue weighted by atomic mass is 10.3. The van der Waals surface area contributed by atoms with Gasteiger partial charge in [-0.05, 0) is 0 Å². The Hall–Kier alpha value is -1.39. The Morgan fingerprint density at radius 2 is 1.40 bits per heavy atom. The molecule has 0 aromatic rings. The van der Waals surface area contributed by atoms with E-state index in [4.69, 9.17) is 0 Å². The molecule has 0 aromatic heterocycles. The number of urea groups is 1. The number of imide groups is 2. The lowest BCUT2D eigenvalue weighted by molar-refractivity contribution is -0.129. The van der Waals surface area contributed by atoms with Gasteiger partial charge >= 0.3 is 6.03 Å².